The SMILES string of the molecule is CCOc1ccc(CCN(CP(=O)(OC)OC)CP(=O)(OC)OC)cc1. The Labute approximate surface area is 155 Å². The van der Waals surface area contributed by atoms with E-state index < -0.39 is 15.2 Å². The normalized spacial score (nSPS) is 12.5. The average Bonchev–Trinajstić information content (AvgIpc) is 2.67. The number of nitrogens with zero attached hydrogens (tertiary/aromatic N) is 1. The number of rotatable bonds is 13. The van der Waals surface area contributed by atoms with E-state index in [2.05, 4.69) is 0 Å². The molecule has 1 aromatic carbocycles. The zero-order valence-corrected chi connectivity index (χ0v) is 17.8. The molecule has 26 heavy (non-hydrogen) atoms. The van der Waals surface area contributed by atoms with E-state index in [0.29, 0.717) is 19.6 Å². The minimum absolute atomic E-state index is 0.0201. The first-order valence-corrected chi connectivity index (χ1v) is 11.6. The van der Waals surface area contributed by atoms with Gasteiger partial charge in [-0.05, 0) is 31.0 Å². The monoisotopic (exact) mass is 409 g/mol. The molecule has 0 unspecified atom stereocenters. The Morgan fingerprint density at radius 2 is 1.31 bits per heavy atom. The van der Waals surface area contributed by atoms with Crippen LogP contribution in [0.25, 0.3) is 0 Å². The van der Waals surface area contributed by atoms with E-state index in [1.165, 1.54) is 28.4 Å². The summed E-state index contributed by atoms with van der Waals surface area (Å²) in [5.41, 5.74) is 1.06. The molecule has 0 aliphatic rings. The zero-order chi connectivity index (χ0) is 19.6. The summed E-state index contributed by atoms with van der Waals surface area (Å²) >= 11 is 0. The molecule has 0 aromatic heterocycles. The van der Waals surface area contributed by atoms with Crippen molar-refractivity contribution in [2.45, 2.75) is 13.3 Å². The Hall–Kier alpha value is -0.720. The van der Waals surface area contributed by atoms with Crippen molar-refractivity contribution >= 4 is 15.2 Å². The molecule has 1 aromatic rings. The van der Waals surface area contributed by atoms with E-state index in [0.717, 1.165) is 11.3 Å². The summed E-state index contributed by atoms with van der Waals surface area (Å²) in [4.78, 5) is 1.71. The van der Waals surface area contributed by atoms with Crippen molar-refractivity contribution in [1.82, 2.24) is 4.90 Å². The predicted octanol–water partition coefficient (Wildman–Crippen LogP) is 3.82. The molecule has 1 rings (SSSR count). The van der Waals surface area contributed by atoms with Crippen molar-refractivity contribution in [3.8, 4) is 5.75 Å². The van der Waals surface area contributed by atoms with Crippen molar-refractivity contribution in [3.63, 3.8) is 0 Å². The highest BCUT2D eigenvalue weighted by Crippen LogP contribution is 2.51. The molecular formula is C16H29NO7P2. The van der Waals surface area contributed by atoms with Gasteiger partial charge in [-0.2, -0.15) is 0 Å². The van der Waals surface area contributed by atoms with Gasteiger partial charge in [-0.1, -0.05) is 12.1 Å². The molecule has 0 spiro atoms. The minimum Gasteiger partial charge on any atom is -0.494 e. The molecule has 0 N–H and O–H groups in total. The van der Waals surface area contributed by atoms with Crippen molar-refractivity contribution in [1.29, 1.82) is 0 Å². The van der Waals surface area contributed by atoms with Crippen LogP contribution >= 0.6 is 15.2 Å². The van der Waals surface area contributed by atoms with Gasteiger partial charge >= 0.3 is 15.2 Å². The van der Waals surface area contributed by atoms with Crippen LogP contribution in [0.5, 0.6) is 5.75 Å². The smallest absolute Gasteiger partial charge is 0.344 e. The van der Waals surface area contributed by atoms with Crippen molar-refractivity contribution in [2.24, 2.45) is 0 Å². The third-order valence-electron chi connectivity index (χ3n) is 3.81. The molecule has 0 amide bonds. The molecule has 0 radical (unpaired) electrons. The second kappa shape index (κ2) is 11.2. The molecule has 8 nitrogen and oxygen atoms in total. The maximum Gasteiger partial charge on any atom is 0.344 e. The molecule has 0 aliphatic carbocycles. The van der Waals surface area contributed by atoms with E-state index >= 15 is 0 Å². The van der Waals surface area contributed by atoms with E-state index in [9.17, 15) is 9.13 Å². The lowest BCUT2D eigenvalue weighted by molar-refractivity contribution is 0.224. The van der Waals surface area contributed by atoms with Crippen LogP contribution < -0.4 is 4.74 Å². The molecule has 0 saturated heterocycles. The van der Waals surface area contributed by atoms with Gasteiger partial charge in [0.15, 0.2) is 0 Å². The first kappa shape index (κ1) is 23.3. The topological polar surface area (TPSA) is 83.5 Å². The lowest BCUT2D eigenvalue weighted by Gasteiger charge is -2.27. The van der Waals surface area contributed by atoms with Gasteiger partial charge in [0, 0.05) is 35.0 Å². The van der Waals surface area contributed by atoms with E-state index in [1.807, 2.05) is 31.2 Å². The minimum atomic E-state index is -3.31. The van der Waals surface area contributed by atoms with E-state index in [-0.39, 0.29) is 12.6 Å². The van der Waals surface area contributed by atoms with Gasteiger partial charge in [0.05, 0.1) is 6.61 Å². The van der Waals surface area contributed by atoms with E-state index in [4.69, 9.17) is 22.8 Å². The highest BCUT2D eigenvalue weighted by Gasteiger charge is 2.31. The van der Waals surface area contributed by atoms with Crippen LogP contribution in [0.4, 0.5) is 0 Å². The summed E-state index contributed by atoms with van der Waals surface area (Å²) < 4.78 is 50.4. The molecule has 150 valence electrons. The van der Waals surface area contributed by atoms with Gasteiger partial charge < -0.3 is 22.8 Å². The summed E-state index contributed by atoms with van der Waals surface area (Å²) in [5.74, 6) is 0.805. The van der Waals surface area contributed by atoms with Crippen LogP contribution in [0.15, 0.2) is 24.3 Å². The maximum absolute atomic E-state index is 12.5. The largest absolute Gasteiger partial charge is 0.494 e. The fourth-order valence-corrected chi connectivity index (χ4v) is 4.64. The molecule has 10 heteroatoms. The first-order chi connectivity index (χ1) is 12.3. The molecule has 0 saturated carbocycles. The third-order valence-corrected chi connectivity index (χ3v) is 7.53. The standard InChI is InChI=1S/C16H29NO7P2/c1-6-24-16-9-7-15(8-10-16)11-12-17(13-25(18,20-2)21-3)14-26(19,22-4)23-5/h7-10H,6,11-14H2,1-5H3. The molecule has 0 heterocycles. The quantitative estimate of drug-likeness (QED) is 0.455. The molecule has 0 fully saturated rings. The number of hydrogen-bond donors (Lipinski definition) is 0. The second-order valence-corrected chi connectivity index (χ2v) is 9.93. The average molecular weight is 409 g/mol. The van der Waals surface area contributed by atoms with Gasteiger partial charge in [0.1, 0.15) is 18.3 Å². The van der Waals surface area contributed by atoms with Crippen LogP contribution in [0, 0.1) is 0 Å². The Balaban J connectivity index is 2.83. The Bertz CT molecular complexity index is 580. The Kier molecular flexibility index (Phi) is 10.0. The van der Waals surface area contributed by atoms with Gasteiger partial charge in [0.2, 0.25) is 0 Å². The predicted molar refractivity (Wildman–Crippen MR) is 101 cm³/mol. The van der Waals surface area contributed by atoms with Gasteiger partial charge in [0.25, 0.3) is 0 Å². The molecule has 0 aliphatic heterocycles. The summed E-state index contributed by atoms with van der Waals surface area (Å²) in [6, 6.07) is 7.71. The van der Waals surface area contributed by atoms with Gasteiger partial charge in [-0.3, -0.25) is 14.0 Å². The second-order valence-electron chi connectivity index (χ2n) is 5.46. The number of ether oxygens (including phenoxy) is 1. The van der Waals surface area contributed by atoms with Crippen molar-refractivity contribution in [3.05, 3.63) is 29.8 Å². The first-order valence-electron chi connectivity index (χ1n) is 8.18. The summed E-state index contributed by atoms with van der Waals surface area (Å²) in [7, 11) is -1.34. The maximum atomic E-state index is 12.5. The zero-order valence-electron chi connectivity index (χ0n) is 16.0. The fraction of sp³-hybridized carbons (Fsp3) is 0.625. The van der Waals surface area contributed by atoms with Gasteiger partial charge in [-0.15, -0.1) is 0 Å². The number of hydrogen-bond acceptors (Lipinski definition) is 8. The highest BCUT2D eigenvalue weighted by atomic mass is 31.2. The highest BCUT2D eigenvalue weighted by molar-refractivity contribution is 7.54. The van der Waals surface area contributed by atoms with Crippen LogP contribution in [0.3, 0.4) is 0 Å². The van der Waals surface area contributed by atoms with E-state index in [1.54, 1.807) is 4.90 Å². The summed E-state index contributed by atoms with van der Waals surface area (Å²) in [5, 5.41) is 0. The van der Waals surface area contributed by atoms with Crippen LogP contribution in [0.2, 0.25) is 0 Å². The lowest BCUT2D eigenvalue weighted by atomic mass is 10.1. The Morgan fingerprint density at radius 1 is 0.846 bits per heavy atom. The van der Waals surface area contributed by atoms with Crippen LogP contribution in [-0.4, -0.2) is 59.1 Å². The molecule has 0 atom stereocenters. The van der Waals surface area contributed by atoms with Crippen LogP contribution in [0.1, 0.15) is 12.5 Å². The van der Waals surface area contributed by atoms with Crippen molar-refractivity contribution in [2.75, 3.05) is 54.2 Å². The third kappa shape index (κ3) is 7.49. The van der Waals surface area contributed by atoms with Crippen molar-refractivity contribution < 1.29 is 32.0 Å². The lowest BCUT2D eigenvalue weighted by Crippen LogP contribution is -2.29. The van der Waals surface area contributed by atoms with Gasteiger partial charge in [-0.25, -0.2) is 0 Å². The summed E-state index contributed by atoms with van der Waals surface area (Å²) in [6.45, 7) is 3.01. The molecule has 0 bridgehead atoms. The number of benzene rings is 1. The van der Waals surface area contributed by atoms with Crippen LogP contribution in [-0.2, 0) is 33.6 Å². The fourth-order valence-electron chi connectivity index (χ4n) is 2.26. The molecular weight excluding hydrogens is 380 g/mol. The summed E-state index contributed by atoms with van der Waals surface area (Å²) in [6.07, 6.45) is 0.606. The Morgan fingerprint density at radius 3 is 1.69 bits per heavy atom.